The summed E-state index contributed by atoms with van der Waals surface area (Å²) in [5, 5.41) is 6.74. The molecular formula is C21H26F2N3O3+. The van der Waals surface area contributed by atoms with Crippen LogP contribution in [0.4, 0.5) is 13.6 Å². The lowest BCUT2D eigenvalue weighted by Crippen LogP contribution is -2.88. The maximum Gasteiger partial charge on any atom is 0.387 e. The fraction of sp³-hybridized carbons (Fsp3) is 0.333. The smallest absolute Gasteiger partial charge is 0.387 e. The predicted octanol–water partition coefficient (Wildman–Crippen LogP) is 2.57. The van der Waals surface area contributed by atoms with Crippen LogP contribution in [0.3, 0.4) is 0 Å². The maximum atomic E-state index is 12.4. The monoisotopic (exact) mass is 406 g/mol. The number of carbonyl (C=O) groups is 2. The van der Waals surface area contributed by atoms with Crippen LogP contribution >= 0.6 is 0 Å². The highest BCUT2D eigenvalue weighted by Crippen LogP contribution is 2.22. The molecule has 0 bridgehead atoms. The van der Waals surface area contributed by atoms with Crippen molar-refractivity contribution in [2.75, 3.05) is 6.54 Å². The lowest BCUT2D eigenvalue weighted by Gasteiger charge is -2.20. The number of ether oxygens (including phenoxy) is 1. The Labute approximate surface area is 168 Å². The van der Waals surface area contributed by atoms with E-state index >= 15 is 0 Å². The molecule has 2 aromatic rings. The molecule has 29 heavy (non-hydrogen) atoms. The van der Waals surface area contributed by atoms with Crippen LogP contribution in [0.15, 0.2) is 54.6 Å². The summed E-state index contributed by atoms with van der Waals surface area (Å²) in [6.45, 7) is 2.56. The summed E-state index contributed by atoms with van der Waals surface area (Å²) < 4.78 is 29.1. The van der Waals surface area contributed by atoms with E-state index < -0.39 is 24.1 Å². The molecule has 0 fully saturated rings. The van der Waals surface area contributed by atoms with E-state index in [9.17, 15) is 18.4 Å². The molecule has 0 saturated carbocycles. The summed E-state index contributed by atoms with van der Waals surface area (Å²) in [6, 6.07) is 14.9. The highest BCUT2D eigenvalue weighted by atomic mass is 19.3. The Hall–Kier alpha value is -3.00. The normalized spacial score (nSPS) is 12.3. The second-order valence-electron chi connectivity index (χ2n) is 7.53. The Morgan fingerprint density at radius 3 is 2.14 bits per heavy atom. The molecule has 0 aliphatic heterocycles. The van der Waals surface area contributed by atoms with Gasteiger partial charge in [0.15, 0.2) is 6.54 Å². The van der Waals surface area contributed by atoms with Crippen LogP contribution in [0.2, 0.25) is 0 Å². The number of nitrogens with one attached hydrogen (secondary N) is 2. The van der Waals surface area contributed by atoms with Crippen molar-refractivity contribution in [1.82, 2.24) is 10.6 Å². The number of carbonyl (C=O) groups excluding carboxylic acids is 2. The highest BCUT2D eigenvalue weighted by molar-refractivity contribution is 5.94. The molecule has 4 N–H and O–H groups in total. The summed E-state index contributed by atoms with van der Waals surface area (Å²) in [4.78, 5) is 24.0. The number of urea groups is 1. The lowest BCUT2D eigenvalue weighted by atomic mass is 9.98. The van der Waals surface area contributed by atoms with Crippen molar-refractivity contribution in [3.8, 4) is 5.75 Å². The van der Waals surface area contributed by atoms with Crippen molar-refractivity contribution < 1.29 is 28.4 Å². The van der Waals surface area contributed by atoms with Gasteiger partial charge in [-0.25, -0.2) is 4.79 Å². The number of imide groups is 1. The van der Waals surface area contributed by atoms with Gasteiger partial charge in [0.2, 0.25) is 0 Å². The third-order valence-electron chi connectivity index (χ3n) is 3.90. The SMILES string of the molecule is CC(C)(C)NC(=O)NC(=O)C[NH2+][C@H](c1ccccc1)c1ccc(OC(F)F)cc1. The van der Waals surface area contributed by atoms with Gasteiger partial charge in [0.25, 0.3) is 5.91 Å². The van der Waals surface area contributed by atoms with Gasteiger partial charge in [-0.2, -0.15) is 8.78 Å². The molecule has 0 radical (unpaired) electrons. The minimum atomic E-state index is -2.89. The third kappa shape index (κ3) is 7.87. The molecule has 0 aromatic heterocycles. The summed E-state index contributed by atoms with van der Waals surface area (Å²) in [5.74, 6) is -0.377. The van der Waals surface area contributed by atoms with Gasteiger partial charge in [0.1, 0.15) is 11.8 Å². The molecule has 0 heterocycles. The van der Waals surface area contributed by atoms with Crippen LogP contribution < -0.4 is 20.7 Å². The van der Waals surface area contributed by atoms with E-state index in [0.29, 0.717) is 0 Å². The summed E-state index contributed by atoms with van der Waals surface area (Å²) in [7, 11) is 0. The van der Waals surface area contributed by atoms with E-state index in [4.69, 9.17) is 0 Å². The molecule has 2 aromatic carbocycles. The van der Waals surface area contributed by atoms with Crippen molar-refractivity contribution in [2.24, 2.45) is 0 Å². The second-order valence-corrected chi connectivity index (χ2v) is 7.53. The number of quaternary nitrogens is 1. The van der Waals surface area contributed by atoms with Gasteiger partial charge in [-0.1, -0.05) is 30.3 Å². The standard InChI is InChI=1S/C21H25F2N3O3/c1-21(2,3)26-20(28)25-17(27)13-24-18(14-7-5-4-6-8-14)15-9-11-16(12-10-15)29-19(22)23/h4-12,18-19,24H,13H2,1-3H3,(H2,25,26,27,28)/p+1/t18-/m1/s1. The molecule has 0 aliphatic carbocycles. The molecule has 6 nitrogen and oxygen atoms in total. The molecule has 0 unspecified atom stereocenters. The molecule has 0 aliphatic rings. The summed E-state index contributed by atoms with van der Waals surface area (Å²) in [6.07, 6.45) is 0. The molecule has 0 saturated heterocycles. The van der Waals surface area contributed by atoms with Gasteiger partial charge < -0.3 is 15.4 Å². The number of alkyl halides is 2. The average molecular weight is 406 g/mol. The van der Waals surface area contributed by atoms with Crippen LogP contribution in [0, 0.1) is 0 Å². The van der Waals surface area contributed by atoms with Gasteiger partial charge in [0.05, 0.1) is 0 Å². The number of hydrogen-bond donors (Lipinski definition) is 3. The zero-order chi connectivity index (χ0) is 21.4. The maximum absolute atomic E-state index is 12.4. The van der Waals surface area contributed by atoms with Crippen molar-refractivity contribution >= 4 is 11.9 Å². The van der Waals surface area contributed by atoms with Gasteiger partial charge in [-0.3, -0.25) is 10.1 Å². The first-order chi connectivity index (χ1) is 13.6. The molecule has 156 valence electrons. The predicted molar refractivity (Wildman–Crippen MR) is 105 cm³/mol. The van der Waals surface area contributed by atoms with Crippen LogP contribution in [-0.4, -0.2) is 30.6 Å². The first kappa shape index (κ1) is 22.3. The van der Waals surface area contributed by atoms with E-state index in [1.54, 1.807) is 17.4 Å². The van der Waals surface area contributed by atoms with Crippen LogP contribution in [0.5, 0.6) is 5.75 Å². The minimum Gasteiger partial charge on any atom is -0.435 e. The summed E-state index contributed by atoms with van der Waals surface area (Å²) >= 11 is 0. The first-order valence-corrected chi connectivity index (χ1v) is 9.19. The van der Waals surface area contributed by atoms with Crippen LogP contribution in [0.1, 0.15) is 37.9 Å². The number of nitrogens with two attached hydrogens (primary N) is 1. The fourth-order valence-corrected chi connectivity index (χ4v) is 2.76. The Kier molecular flexibility index (Phi) is 7.67. The third-order valence-corrected chi connectivity index (χ3v) is 3.90. The average Bonchev–Trinajstić information content (AvgIpc) is 2.62. The van der Waals surface area contributed by atoms with Crippen LogP contribution in [0.25, 0.3) is 0 Å². The van der Waals surface area contributed by atoms with Gasteiger partial charge >= 0.3 is 12.6 Å². The molecule has 3 amide bonds. The Balaban J connectivity index is 2.08. The zero-order valence-corrected chi connectivity index (χ0v) is 16.6. The van der Waals surface area contributed by atoms with E-state index in [0.717, 1.165) is 11.1 Å². The van der Waals surface area contributed by atoms with E-state index in [1.165, 1.54) is 12.1 Å². The van der Waals surface area contributed by atoms with Crippen molar-refractivity contribution in [1.29, 1.82) is 0 Å². The topological polar surface area (TPSA) is 84.0 Å². The number of rotatable bonds is 7. The van der Waals surface area contributed by atoms with Gasteiger partial charge in [-0.15, -0.1) is 0 Å². The zero-order valence-electron chi connectivity index (χ0n) is 16.6. The fourth-order valence-electron chi connectivity index (χ4n) is 2.76. The molecule has 2 rings (SSSR count). The second kappa shape index (κ2) is 9.97. The van der Waals surface area contributed by atoms with E-state index in [1.807, 2.05) is 51.1 Å². The van der Waals surface area contributed by atoms with Crippen molar-refractivity contribution in [3.05, 3.63) is 65.7 Å². The highest BCUT2D eigenvalue weighted by Gasteiger charge is 2.21. The number of halogens is 2. The van der Waals surface area contributed by atoms with Crippen molar-refractivity contribution in [2.45, 2.75) is 39.0 Å². The van der Waals surface area contributed by atoms with E-state index in [-0.39, 0.29) is 18.3 Å². The number of benzene rings is 2. The van der Waals surface area contributed by atoms with Gasteiger partial charge in [0, 0.05) is 16.7 Å². The Morgan fingerprint density at radius 2 is 1.59 bits per heavy atom. The molecule has 8 heteroatoms. The Morgan fingerprint density at radius 1 is 1.00 bits per heavy atom. The van der Waals surface area contributed by atoms with E-state index in [2.05, 4.69) is 15.4 Å². The van der Waals surface area contributed by atoms with Crippen molar-refractivity contribution in [3.63, 3.8) is 0 Å². The quantitative estimate of drug-likeness (QED) is 0.661. The largest absolute Gasteiger partial charge is 0.435 e. The van der Waals surface area contributed by atoms with Gasteiger partial charge in [-0.05, 0) is 45.0 Å². The summed E-state index contributed by atoms with van der Waals surface area (Å²) in [5.41, 5.74) is 1.29. The molecular weight excluding hydrogens is 380 g/mol. The van der Waals surface area contributed by atoms with Crippen LogP contribution in [-0.2, 0) is 4.79 Å². The number of hydrogen-bond acceptors (Lipinski definition) is 3. The Bertz CT molecular complexity index is 806. The minimum absolute atomic E-state index is 0.00636. The molecule has 0 spiro atoms. The number of amides is 3. The lowest BCUT2D eigenvalue weighted by molar-refractivity contribution is -0.676. The first-order valence-electron chi connectivity index (χ1n) is 9.19. The molecule has 1 atom stereocenters.